The Hall–Kier alpha value is -2.60. The summed E-state index contributed by atoms with van der Waals surface area (Å²) in [6, 6.07) is 11.1. The van der Waals surface area contributed by atoms with Crippen LogP contribution in [0, 0.1) is 0 Å². The topological polar surface area (TPSA) is 80.7 Å². The van der Waals surface area contributed by atoms with Crippen LogP contribution in [-0.2, 0) is 11.3 Å². The molecule has 2 N–H and O–H groups in total. The van der Waals surface area contributed by atoms with E-state index in [0.29, 0.717) is 25.3 Å². The van der Waals surface area contributed by atoms with Gasteiger partial charge in [0.25, 0.3) is 0 Å². The van der Waals surface area contributed by atoms with E-state index >= 15 is 0 Å². The molecule has 0 unspecified atom stereocenters. The van der Waals surface area contributed by atoms with Crippen molar-refractivity contribution < 1.29 is 19.4 Å². The van der Waals surface area contributed by atoms with E-state index in [9.17, 15) is 9.90 Å². The number of nitrogens with zero attached hydrogens (tertiary/aromatic N) is 1. The van der Waals surface area contributed by atoms with Gasteiger partial charge in [-0.15, -0.1) is 0 Å². The number of aromatic nitrogens is 1. The van der Waals surface area contributed by atoms with E-state index < -0.39 is 17.8 Å². The Balaban J connectivity index is 1.81. The predicted molar refractivity (Wildman–Crippen MR) is 98.8 cm³/mol. The number of aliphatic hydroxyl groups is 1. The van der Waals surface area contributed by atoms with Crippen molar-refractivity contribution in [3.8, 4) is 5.75 Å². The van der Waals surface area contributed by atoms with Crippen LogP contribution in [0.1, 0.15) is 44.4 Å². The van der Waals surface area contributed by atoms with Gasteiger partial charge in [-0.05, 0) is 62.6 Å². The minimum absolute atomic E-state index is 0.318. The highest BCUT2D eigenvalue weighted by atomic mass is 16.6. The molecule has 140 valence electrons. The SMILES string of the molecule is CC(C)(C)OC(=O)NCC[C@@H](O)c1cccc(OCc2ccncc2)c1. The van der Waals surface area contributed by atoms with Gasteiger partial charge in [0.15, 0.2) is 0 Å². The van der Waals surface area contributed by atoms with Crippen molar-refractivity contribution in [2.45, 2.75) is 45.5 Å². The molecule has 0 spiro atoms. The molecule has 6 heteroatoms. The number of benzene rings is 1. The number of aliphatic hydroxyl groups excluding tert-OH is 1. The molecular weight excluding hydrogens is 332 g/mol. The Morgan fingerprint density at radius 2 is 1.96 bits per heavy atom. The van der Waals surface area contributed by atoms with Gasteiger partial charge in [-0.2, -0.15) is 0 Å². The first-order valence-corrected chi connectivity index (χ1v) is 8.60. The fourth-order valence-electron chi connectivity index (χ4n) is 2.25. The molecule has 0 saturated carbocycles. The molecule has 1 aromatic heterocycles. The van der Waals surface area contributed by atoms with Crippen LogP contribution in [0.15, 0.2) is 48.8 Å². The molecule has 1 aromatic carbocycles. The lowest BCUT2D eigenvalue weighted by Gasteiger charge is -2.20. The van der Waals surface area contributed by atoms with Crippen molar-refractivity contribution in [1.29, 1.82) is 0 Å². The largest absolute Gasteiger partial charge is 0.489 e. The van der Waals surface area contributed by atoms with Crippen molar-refractivity contribution in [3.05, 3.63) is 59.9 Å². The molecule has 26 heavy (non-hydrogen) atoms. The van der Waals surface area contributed by atoms with Gasteiger partial charge in [0.05, 0.1) is 6.10 Å². The van der Waals surface area contributed by atoms with E-state index in [-0.39, 0.29) is 0 Å². The fraction of sp³-hybridized carbons (Fsp3) is 0.400. The summed E-state index contributed by atoms with van der Waals surface area (Å²) in [5, 5.41) is 13.0. The van der Waals surface area contributed by atoms with Gasteiger partial charge in [0, 0.05) is 18.9 Å². The monoisotopic (exact) mass is 358 g/mol. The minimum Gasteiger partial charge on any atom is -0.489 e. The quantitative estimate of drug-likeness (QED) is 0.790. The van der Waals surface area contributed by atoms with Gasteiger partial charge >= 0.3 is 6.09 Å². The lowest BCUT2D eigenvalue weighted by Crippen LogP contribution is -2.33. The molecule has 0 saturated heterocycles. The summed E-state index contributed by atoms with van der Waals surface area (Å²) >= 11 is 0. The Labute approximate surface area is 154 Å². The maximum absolute atomic E-state index is 11.6. The van der Waals surface area contributed by atoms with E-state index in [0.717, 1.165) is 11.1 Å². The highest BCUT2D eigenvalue weighted by Gasteiger charge is 2.16. The Kier molecular flexibility index (Phi) is 6.97. The molecule has 2 rings (SSSR count). The maximum atomic E-state index is 11.6. The van der Waals surface area contributed by atoms with E-state index in [1.807, 2.05) is 30.3 Å². The van der Waals surface area contributed by atoms with E-state index in [4.69, 9.17) is 9.47 Å². The molecule has 1 amide bonds. The molecule has 1 atom stereocenters. The fourth-order valence-corrected chi connectivity index (χ4v) is 2.25. The summed E-state index contributed by atoms with van der Waals surface area (Å²) in [5.41, 5.74) is 1.22. The third-order valence-corrected chi connectivity index (χ3v) is 3.48. The number of nitrogens with one attached hydrogen (secondary N) is 1. The van der Waals surface area contributed by atoms with Crippen molar-refractivity contribution in [2.75, 3.05) is 6.54 Å². The molecule has 2 aromatic rings. The zero-order valence-corrected chi connectivity index (χ0v) is 15.4. The van der Waals surface area contributed by atoms with Crippen LogP contribution in [0.25, 0.3) is 0 Å². The number of carbonyl (C=O) groups excluding carboxylic acids is 1. The molecule has 0 aliphatic carbocycles. The summed E-state index contributed by atoms with van der Waals surface area (Å²) in [7, 11) is 0. The number of rotatable bonds is 7. The summed E-state index contributed by atoms with van der Waals surface area (Å²) < 4.78 is 10.9. The van der Waals surface area contributed by atoms with E-state index in [1.54, 1.807) is 39.2 Å². The Morgan fingerprint density at radius 1 is 1.23 bits per heavy atom. The van der Waals surface area contributed by atoms with Crippen LogP contribution < -0.4 is 10.1 Å². The Bertz CT molecular complexity index is 698. The summed E-state index contributed by atoms with van der Waals surface area (Å²) in [6.45, 7) is 6.16. The Morgan fingerprint density at radius 3 is 2.65 bits per heavy atom. The molecule has 0 bridgehead atoms. The van der Waals surface area contributed by atoms with Crippen LogP contribution in [0.4, 0.5) is 4.79 Å². The lowest BCUT2D eigenvalue weighted by molar-refractivity contribution is 0.0518. The molecule has 0 radical (unpaired) electrons. The molecule has 0 aliphatic heterocycles. The van der Waals surface area contributed by atoms with Crippen LogP contribution in [0.5, 0.6) is 5.75 Å². The number of alkyl carbamates (subject to hydrolysis) is 1. The summed E-state index contributed by atoms with van der Waals surface area (Å²) in [5.74, 6) is 0.679. The number of hydrogen-bond donors (Lipinski definition) is 2. The first-order chi connectivity index (χ1) is 12.3. The van der Waals surface area contributed by atoms with Gasteiger partial charge < -0.3 is 19.9 Å². The third kappa shape index (κ3) is 7.11. The van der Waals surface area contributed by atoms with E-state index in [2.05, 4.69) is 10.3 Å². The summed E-state index contributed by atoms with van der Waals surface area (Å²) in [6.07, 6.45) is 2.63. The second-order valence-electron chi connectivity index (χ2n) is 6.95. The number of pyridine rings is 1. The third-order valence-electron chi connectivity index (χ3n) is 3.48. The smallest absolute Gasteiger partial charge is 0.407 e. The molecule has 0 fully saturated rings. The molecule has 6 nitrogen and oxygen atoms in total. The van der Waals surface area contributed by atoms with Gasteiger partial charge in [0.2, 0.25) is 0 Å². The predicted octanol–water partition coefficient (Wildman–Crippen LogP) is 3.61. The van der Waals surface area contributed by atoms with Gasteiger partial charge in [-0.1, -0.05) is 12.1 Å². The summed E-state index contributed by atoms with van der Waals surface area (Å²) in [4.78, 5) is 15.6. The average molecular weight is 358 g/mol. The number of ether oxygens (including phenoxy) is 2. The molecule has 0 aliphatic rings. The zero-order chi connectivity index (χ0) is 19.0. The van der Waals surface area contributed by atoms with Crippen molar-refractivity contribution in [3.63, 3.8) is 0 Å². The highest BCUT2D eigenvalue weighted by Crippen LogP contribution is 2.22. The van der Waals surface area contributed by atoms with Gasteiger partial charge in [-0.3, -0.25) is 4.98 Å². The van der Waals surface area contributed by atoms with Gasteiger partial charge in [-0.25, -0.2) is 4.79 Å². The first kappa shape index (κ1) is 19.7. The molecule has 1 heterocycles. The lowest BCUT2D eigenvalue weighted by atomic mass is 10.1. The maximum Gasteiger partial charge on any atom is 0.407 e. The van der Waals surface area contributed by atoms with Crippen LogP contribution in [0.3, 0.4) is 0 Å². The minimum atomic E-state index is -0.700. The zero-order valence-electron chi connectivity index (χ0n) is 15.4. The standard InChI is InChI=1S/C20H26N2O4/c1-20(2,3)26-19(24)22-12-9-18(23)16-5-4-6-17(13-16)25-14-15-7-10-21-11-8-15/h4-8,10-11,13,18,23H,9,12,14H2,1-3H3,(H,22,24)/t18-/m1/s1. The van der Waals surface area contributed by atoms with Crippen LogP contribution in [-0.4, -0.2) is 28.3 Å². The van der Waals surface area contributed by atoms with Crippen molar-refractivity contribution in [2.24, 2.45) is 0 Å². The van der Waals surface area contributed by atoms with Crippen LogP contribution in [0.2, 0.25) is 0 Å². The first-order valence-electron chi connectivity index (χ1n) is 8.60. The van der Waals surface area contributed by atoms with Crippen molar-refractivity contribution >= 4 is 6.09 Å². The highest BCUT2D eigenvalue weighted by molar-refractivity contribution is 5.67. The molecular formula is C20H26N2O4. The number of carbonyl (C=O) groups is 1. The second-order valence-corrected chi connectivity index (χ2v) is 6.95. The second kappa shape index (κ2) is 9.20. The number of hydrogen-bond acceptors (Lipinski definition) is 5. The van der Waals surface area contributed by atoms with Crippen molar-refractivity contribution in [1.82, 2.24) is 10.3 Å². The average Bonchev–Trinajstić information content (AvgIpc) is 2.59. The van der Waals surface area contributed by atoms with E-state index in [1.165, 1.54) is 0 Å². The normalized spacial score (nSPS) is 12.3. The van der Waals surface area contributed by atoms with Gasteiger partial charge in [0.1, 0.15) is 18.0 Å². The van der Waals surface area contributed by atoms with Crippen LogP contribution >= 0.6 is 0 Å². The number of amides is 1.